The summed E-state index contributed by atoms with van der Waals surface area (Å²) in [6.07, 6.45) is 1.38. The Morgan fingerprint density at radius 1 is 1.67 bits per heavy atom. The van der Waals surface area contributed by atoms with E-state index in [1.807, 2.05) is 0 Å². The van der Waals surface area contributed by atoms with Crippen molar-refractivity contribution in [2.75, 3.05) is 6.61 Å². The molecule has 1 aliphatic heterocycles. The number of hydrogen-bond donors (Lipinski definition) is 0. The molecule has 0 N–H and O–H groups in total. The first kappa shape index (κ1) is 11.4. The Labute approximate surface area is 87.8 Å². The molecule has 15 heavy (non-hydrogen) atoms. The number of aliphatic imine (C=N–C) groups is 1. The molecule has 0 radical (unpaired) electrons. The van der Waals surface area contributed by atoms with Crippen LogP contribution < -0.4 is 0 Å². The van der Waals surface area contributed by atoms with Gasteiger partial charge in [0.1, 0.15) is 6.61 Å². The molecule has 1 rings (SSSR count). The van der Waals surface area contributed by atoms with Crippen LogP contribution in [0.5, 0.6) is 0 Å². The molecule has 0 aromatic rings. The number of carbonyl (C=O) groups is 2. The molecule has 1 heterocycles. The molecule has 0 fully saturated rings. The van der Waals surface area contributed by atoms with Crippen molar-refractivity contribution in [3.05, 3.63) is 12.7 Å². The molecule has 0 unspecified atom stereocenters. The second-order valence-electron chi connectivity index (χ2n) is 3.58. The molecule has 5 nitrogen and oxygen atoms in total. The van der Waals surface area contributed by atoms with Crippen LogP contribution in [0, 0.1) is 0 Å². The highest BCUT2D eigenvalue weighted by atomic mass is 16.6. The van der Waals surface area contributed by atoms with E-state index >= 15 is 0 Å². The van der Waals surface area contributed by atoms with Gasteiger partial charge in [0, 0.05) is 6.08 Å². The van der Waals surface area contributed by atoms with E-state index in [1.165, 1.54) is 0 Å². The summed E-state index contributed by atoms with van der Waals surface area (Å²) in [7, 11) is 0. The molecule has 0 aromatic heterocycles. The van der Waals surface area contributed by atoms with E-state index in [4.69, 9.17) is 9.47 Å². The molecule has 0 atom stereocenters. The Balaban J connectivity index is 2.39. The van der Waals surface area contributed by atoms with Gasteiger partial charge >= 0.3 is 11.9 Å². The number of ether oxygens (including phenoxy) is 2. The Bertz CT molecular complexity index is 330. The van der Waals surface area contributed by atoms with Crippen LogP contribution in [0.1, 0.15) is 20.3 Å². The van der Waals surface area contributed by atoms with Crippen LogP contribution in [0.4, 0.5) is 0 Å². The van der Waals surface area contributed by atoms with Gasteiger partial charge < -0.3 is 9.47 Å². The molecule has 0 spiro atoms. The predicted octanol–water partition coefficient (Wildman–Crippen LogP) is 0.840. The van der Waals surface area contributed by atoms with Crippen molar-refractivity contribution < 1.29 is 19.1 Å². The number of rotatable bonds is 4. The third kappa shape index (κ3) is 2.90. The fraction of sp³-hybridized carbons (Fsp3) is 0.500. The Hall–Kier alpha value is -1.65. The number of carbonyl (C=O) groups excluding carboxylic acids is 2. The van der Waals surface area contributed by atoms with Crippen molar-refractivity contribution in [3.8, 4) is 0 Å². The molecule has 82 valence electrons. The van der Waals surface area contributed by atoms with Crippen LogP contribution >= 0.6 is 0 Å². The van der Waals surface area contributed by atoms with Crippen LogP contribution in [-0.2, 0) is 19.1 Å². The zero-order chi connectivity index (χ0) is 11.5. The lowest BCUT2D eigenvalue weighted by atomic mass is 10.1. The topological polar surface area (TPSA) is 65.0 Å². The fourth-order valence-electron chi connectivity index (χ4n) is 1.02. The van der Waals surface area contributed by atoms with E-state index in [1.54, 1.807) is 13.8 Å². The zero-order valence-electron chi connectivity index (χ0n) is 8.78. The summed E-state index contributed by atoms with van der Waals surface area (Å²) in [5.74, 6) is -0.575. The maximum absolute atomic E-state index is 11.2. The van der Waals surface area contributed by atoms with Crippen molar-refractivity contribution in [1.29, 1.82) is 0 Å². The number of hydrogen-bond acceptors (Lipinski definition) is 5. The van der Waals surface area contributed by atoms with Crippen molar-refractivity contribution in [1.82, 2.24) is 0 Å². The van der Waals surface area contributed by atoms with Crippen molar-refractivity contribution in [3.63, 3.8) is 0 Å². The molecule has 5 heteroatoms. The summed E-state index contributed by atoms with van der Waals surface area (Å²) < 4.78 is 9.61. The third-order valence-electron chi connectivity index (χ3n) is 1.84. The van der Waals surface area contributed by atoms with Gasteiger partial charge in [-0.25, -0.2) is 14.6 Å². The summed E-state index contributed by atoms with van der Waals surface area (Å²) >= 11 is 0. The van der Waals surface area contributed by atoms with Gasteiger partial charge in [0.25, 0.3) is 0 Å². The number of nitrogens with zero attached hydrogens (tertiary/aromatic N) is 1. The third-order valence-corrected chi connectivity index (χ3v) is 1.84. The van der Waals surface area contributed by atoms with E-state index in [9.17, 15) is 9.59 Å². The van der Waals surface area contributed by atoms with Gasteiger partial charge in [-0.3, -0.25) is 0 Å². The molecule has 0 bridgehead atoms. The Morgan fingerprint density at radius 2 is 2.33 bits per heavy atom. The van der Waals surface area contributed by atoms with Crippen LogP contribution in [0.3, 0.4) is 0 Å². The first-order valence-corrected chi connectivity index (χ1v) is 4.56. The Kier molecular flexibility index (Phi) is 3.24. The first-order valence-electron chi connectivity index (χ1n) is 4.56. The van der Waals surface area contributed by atoms with Gasteiger partial charge in [0.2, 0.25) is 0 Å². The molecule has 1 aliphatic rings. The molecule has 0 aliphatic carbocycles. The highest BCUT2D eigenvalue weighted by molar-refractivity contribution is 5.99. The zero-order valence-corrected chi connectivity index (χ0v) is 8.78. The van der Waals surface area contributed by atoms with E-state index in [-0.39, 0.29) is 12.6 Å². The van der Waals surface area contributed by atoms with Crippen molar-refractivity contribution >= 4 is 17.8 Å². The minimum absolute atomic E-state index is 0.132. The summed E-state index contributed by atoms with van der Waals surface area (Å²) in [4.78, 5) is 25.9. The lowest BCUT2D eigenvalue weighted by Gasteiger charge is -2.05. The predicted molar refractivity (Wildman–Crippen MR) is 53.4 cm³/mol. The average Bonchev–Trinajstić information content (AvgIpc) is 2.40. The molecule has 0 aromatic carbocycles. The van der Waals surface area contributed by atoms with E-state index in [0.29, 0.717) is 12.3 Å². The Morgan fingerprint density at radius 3 is 2.80 bits per heavy atom. The second-order valence-corrected chi connectivity index (χ2v) is 3.58. The summed E-state index contributed by atoms with van der Waals surface area (Å²) in [5, 5.41) is 0. The van der Waals surface area contributed by atoms with Gasteiger partial charge in [-0.2, -0.15) is 0 Å². The summed E-state index contributed by atoms with van der Waals surface area (Å²) in [5.41, 5.74) is -0.822. The van der Waals surface area contributed by atoms with E-state index < -0.39 is 11.5 Å². The smallest absolute Gasteiger partial charge is 0.340 e. The molecule has 0 saturated carbocycles. The van der Waals surface area contributed by atoms with Gasteiger partial charge in [0.05, 0.1) is 6.42 Å². The minimum atomic E-state index is -0.822. The molecule has 0 saturated heterocycles. The van der Waals surface area contributed by atoms with Crippen LogP contribution in [-0.4, -0.2) is 30.0 Å². The quantitative estimate of drug-likeness (QED) is 0.510. The van der Waals surface area contributed by atoms with Gasteiger partial charge in [-0.1, -0.05) is 6.58 Å². The lowest BCUT2D eigenvalue weighted by Crippen LogP contribution is -2.25. The average molecular weight is 211 g/mol. The normalized spacial score (nSPS) is 18.0. The van der Waals surface area contributed by atoms with Crippen LogP contribution in [0.25, 0.3) is 0 Å². The van der Waals surface area contributed by atoms with Gasteiger partial charge in [-0.15, -0.1) is 0 Å². The van der Waals surface area contributed by atoms with E-state index in [0.717, 1.165) is 6.08 Å². The largest absolute Gasteiger partial charge is 0.462 e. The maximum atomic E-state index is 11.2. The SMILES string of the molecule is C=CC(=O)OCCC1=NC(C)(C)C(=O)O1. The summed E-state index contributed by atoms with van der Waals surface area (Å²) in [6, 6.07) is 0. The van der Waals surface area contributed by atoms with Gasteiger partial charge in [-0.05, 0) is 13.8 Å². The molecule has 0 amide bonds. The van der Waals surface area contributed by atoms with Crippen LogP contribution in [0.2, 0.25) is 0 Å². The molecular weight excluding hydrogens is 198 g/mol. The van der Waals surface area contributed by atoms with Crippen LogP contribution in [0.15, 0.2) is 17.6 Å². The maximum Gasteiger partial charge on any atom is 0.340 e. The highest BCUT2D eigenvalue weighted by Crippen LogP contribution is 2.19. The molecular formula is C10H13NO4. The van der Waals surface area contributed by atoms with Crippen molar-refractivity contribution in [2.45, 2.75) is 25.8 Å². The first-order chi connectivity index (χ1) is 6.95. The second kappa shape index (κ2) is 4.25. The van der Waals surface area contributed by atoms with Crippen molar-refractivity contribution in [2.24, 2.45) is 4.99 Å². The number of esters is 2. The fourth-order valence-corrected chi connectivity index (χ4v) is 1.02. The monoisotopic (exact) mass is 211 g/mol. The highest BCUT2D eigenvalue weighted by Gasteiger charge is 2.36. The standard InChI is InChI=1S/C10H13NO4/c1-4-8(12)14-6-5-7-11-10(2,3)9(13)15-7/h4H,1,5-6H2,2-3H3. The van der Waals surface area contributed by atoms with Gasteiger partial charge in [0.15, 0.2) is 11.4 Å². The number of cyclic esters (lactones) is 1. The lowest BCUT2D eigenvalue weighted by molar-refractivity contribution is -0.138. The van der Waals surface area contributed by atoms with E-state index in [2.05, 4.69) is 11.6 Å². The minimum Gasteiger partial charge on any atom is -0.462 e. The summed E-state index contributed by atoms with van der Waals surface area (Å²) in [6.45, 7) is 6.72.